The largest absolute Gasteiger partial charge is 0.504 e. The number of carboxylic acids is 1. The highest BCUT2D eigenvalue weighted by atomic mass is 16.6. The molecule has 9 nitrogen and oxygen atoms in total. The number of hydrogen-bond acceptors (Lipinski definition) is 8. The molecule has 0 saturated heterocycles. The summed E-state index contributed by atoms with van der Waals surface area (Å²) in [7, 11) is 4.16. The first kappa shape index (κ1) is 22.9. The summed E-state index contributed by atoms with van der Waals surface area (Å²) in [6.45, 7) is -0.544. The lowest BCUT2D eigenvalue weighted by atomic mass is 10.0. The van der Waals surface area contributed by atoms with Crippen molar-refractivity contribution in [1.82, 2.24) is 0 Å². The molecule has 0 aliphatic rings. The molecular weight excluding hydrogens is 396 g/mol. The molecule has 2 atom stereocenters. The smallest absolute Gasteiger partial charge is 0.328 e. The Labute approximate surface area is 173 Å². The topological polar surface area (TPSA) is 135 Å². The standard InChI is InChI=1S/C21H24O9/c1-27-15-10-13(5-6-14(15)23)20(26)18(11-22)30-21-16(28-2)8-12(4-7-19(24)25)9-17(21)29-3/h4-10,18,20,22-23,26H,11H2,1-3H3,(H,24,25)/b7-4+. The van der Waals surface area contributed by atoms with Crippen LogP contribution in [-0.2, 0) is 4.79 Å². The zero-order valence-corrected chi connectivity index (χ0v) is 16.7. The summed E-state index contributed by atoms with van der Waals surface area (Å²) in [5.41, 5.74) is 0.838. The minimum absolute atomic E-state index is 0.0942. The summed E-state index contributed by atoms with van der Waals surface area (Å²) >= 11 is 0. The Balaban J connectivity index is 2.38. The molecule has 0 radical (unpaired) electrons. The van der Waals surface area contributed by atoms with Crippen molar-refractivity contribution in [1.29, 1.82) is 0 Å². The molecule has 0 aliphatic carbocycles. The molecule has 0 aromatic heterocycles. The lowest BCUT2D eigenvalue weighted by molar-refractivity contribution is -0.131. The fraction of sp³-hybridized carbons (Fsp3) is 0.286. The summed E-state index contributed by atoms with van der Waals surface area (Å²) in [5, 5.41) is 39.0. The molecule has 30 heavy (non-hydrogen) atoms. The van der Waals surface area contributed by atoms with E-state index in [9.17, 15) is 20.1 Å². The van der Waals surface area contributed by atoms with Gasteiger partial charge in [-0.3, -0.25) is 0 Å². The van der Waals surface area contributed by atoms with Crippen LogP contribution in [0, 0.1) is 0 Å². The van der Waals surface area contributed by atoms with E-state index in [-0.39, 0.29) is 28.7 Å². The van der Waals surface area contributed by atoms with Gasteiger partial charge in [-0.25, -0.2) is 4.79 Å². The maximum atomic E-state index is 10.8. The number of rotatable bonds is 10. The van der Waals surface area contributed by atoms with Crippen LogP contribution in [0.3, 0.4) is 0 Å². The first-order valence-corrected chi connectivity index (χ1v) is 8.84. The Morgan fingerprint density at radius 1 is 1.03 bits per heavy atom. The predicted molar refractivity (Wildman–Crippen MR) is 107 cm³/mol. The third kappa shape index (κ3) is 5.34. The fourth-order valence-corrected chi connectivity index (χ4v) is 2.73. The minimum atomic E-state index is -1.27. The number of aliphatic hydroxyl groups is 2. The van der Waals surface area contributed by atoms with E-state index < -0.39 is 24.8 Å². The first-order chi connectivity index (χ1) is 14.3. The molecule has 2 unspecified atom stereocenters. The van der Waals surface area contributed by atoms with Crippen molar-refractivity contribution in [2.75, 3.05) is 27.9 Å². The van der Waals surface area contributed by atoms with Crippen LogP contribution in [0.25, 0.3) is 6.08 Å². The Morgan fingerprint density at radius 2 is 1.63 bits per heavy atom. The van der Waals surface area contributed by atoms with Gasteiger partial charge in [-0.2, -0.15) is 0 Å². The zero-order valence-electron chi connectivity index (χ0n) is 16.7. The van der Waals surface area contributed by atoms with E-state index in [1.54, 1.807) is 0 Å². The number of ether oxygens (including phenoxy) is 4. The molecule has 162 valence electrons. The summed E-state index contributed by atoms with van der Waals surface area (Å²) in [5.74, 6) is -0.491. The molecule has 0 amide bonds. The van der Waals surface area contributed by atoms with Crippen LogP contribution >= 0.6 is 0 Å². The molecule has 0 saturated carbocycles. The molecular formula is C21H24O9. The normalized spacial score (nSPS) is 13.0. The lowest BCUT2D eigenvalue weighted by Crippen LogP contribution is -2.29. The number of aliphatic carboxylic acids is 1. The van der Waals surface area contributed by atoms with Gasteiger partial charge in [0.2, 0.25) is 5.75 Å². The molecule has 0 spiro atoms. The molecule has 2 rings (SSSR count). The van der Waals surface area contributed by atoms with Crippen molar-refractivity contribution < 1.29 is 44.2 Å². The second kappa shape index (κ2) is 10.4. The van der Waals surface area contributed by atoms with Gasteiger partial charge in [-0.15, -0.1) is 0 Å². The quantitative estimate of drug-likeness (QED) is 0.426. The third-order valence-electron chi connectivity index (χ3n) is 4.25. The first-order valence-electron chi connectivity index (χ1n) is 8.84. The van der Waals surface area contributed by atoms with Crippen molar-refractivity contribution in [2.45, 2.75) is 12.2 Å². The fourth-order valence-electron chi connectivity index (χ4n) is 2.73. The minimum Gasteiger partial charge on any atom is -0.504 e. The Hall–Kier alpha value is -3.43. The second-order valence-electron chi connectivity index (χ2n) is 6.14. The van der Waals surface area contributed by atoms with Gasteiger partial charge in [-0.1, -0.05) is 6.07 Å². The molecule has 0 bridgehead atoms. The number of hydrogen-bond donors (Lipinski definition) is 4. The maximum absolute atomic E-state index is 10.8. The summed E-state index contributed by atoms with van der Waals surface area (Å²) in [6, 6.07) is 7.32. The second-order valence-corrected chi connectivity index (χ2v) is 6.14. The van der Waals surface area contributed by atoms with E-state index in [1.165, 1.54) is 57.7 Å². The van der Waals surface area contributed by atoms with Crippen LogP contribution in [0.5, 0.6) is 28.7 Å². The molecule has 0 aliphatic heterocycles. The number of carboxylic acid groups (broad SMARTS) is 1. The molecule has 2 aromatic rings. The van der Waals surface area contributed by atoms with Crippen LogP contribution in [0.2, 0.25) is 0 Å². The van der Waals surface area contributed by atoms with Crippen LogP contribution < -0.4 is 18.9 Å². The van der Waals surface area contributed by atoms with Gasteiger partial charge < -0.3 is 39.4 Å². The van der Waals surface area contributed by atoms with E-state index >= 15 is 0 Å². The summed E-state index contributed by atoms with van der Waals surface area (Å²) in [6.07, 6.45) is -0.0566. The van der Waals surface area contributed by atoms with E-state index in [0.29, 0.717) is 11.1 Å². The van der Waals surface area contributed by atoms with Gasteiger partial charge in [0.25, 0.3) is 0 Å². The number of methoxy groups -OCH3 is 3. The number of aliphatic hydroxyl groups excluding tert-OH is 2. The van der Waals surface area contributed by atoms with E-state index in [1.807, 2.05) is 0 Å². The predicted octanol–water partition coefficient (Wildman–Crippen LogP) is 1.99. The van der Waals surface area contributed by atoms with Gasteiger partial charge in [0.1, 0.15) is 6.10 Å². The highest BCUT2D eigenvalue weighted by molar-refractivity contribution is 5.85. The van der Waals surface area contributed by atoms with Crippen molar-refractivity contribution in [3.63, 3.8) is 0 Å². The van der Waals surface area contributed by atoms with Crippen LogP contribution in [0.1, 0.15) is 17.2 Å². The Morgan fingerprint density at radius 3 is 2.13 bits per heavy atom. The summed E-state index contributed by atoms with van der Waals surface area (Å²) < 4.78 is 21.5. The number of phenolic OH excluding ortho intramolecular Hbond substituents is 1. The van der Waals surface area contributed by atoms with Gasteiger partial charge >= 0.3 is 5.97 Å². The third-order valence-corrected chi connectivity index (χ3v) is 4.25. The zero-order chi connectivity index (χ0) is 22.3. The van der Waals surface area contributed by atoms with Crippen LogP contribution in [0.4, 0.5) is 0 Å². The average molecular weight is 420 g/mol. The highest BCUT2D eigenvalue weighted by Crippen LogP contribution is 2.41. The van der Waals surface area contributed by atoms with Crippen LogP contribution in [-0.4, -0.2) is 60.4 Å². The molecule has 0 heterocycles. The van der Waals surface area contributed by atoms with E-state index in [4.69, 9.17) is 24.1 Å². The summed E-state index contributed by atoms with van der Waals surface area (Å²) in [4.78, 5) is 10.8. The van der Waals surface area contributed by atoms with Gasteiger partial charge in [0.15, 0.2) is 29.1 Å². The van der Waals surface area contributed by atoms with Crippen LogP contribution in [0.15, 0.2) is 36.4 Å². The van der Waals surface area contributed by atoms with Gasteiger partial charge in [-0.05, 0) is 41.5 Å². The lowest BCUT2D eigenvalue weighted by Gasteiger charge is -2.25. The number of benzene rings is 2. The van der Waals surface area contributed by atoms with Gasteiger partial charge in [0, 0.05) is 6.08 Å². The average Bonchev–Trinajstić information content (AvgIpc) is 2.75. The van der Waals surface area contributed by atoms with Crippen molar-refractivity contribution in [2.24, 2.45) is 0 Å². The van der Waals surface area contributed by atoms with E-state index in [0.717, 1.165) is 6.08 Å². The number of aromatic hydroxyl groups is 1. The Kier molecular flexibility index (Phi) is 7.90. The SMILES string of the molecule is COc1cc(C(O)C(CO)Oc2c(OC)cc(/C=C/C(=O)O)cc2OC)ccc1O. The maximum Gasteiger partial charge on any atom is 0.328 e. The molecule has 0 fully saturated rings. The van der Waals surface area contributed by atoms with E-state index in [2.05, 4.69) is 0 Å². The Bertz CT molecular complexity index is 882. The van der Waals surface area contributed by atoms with Crippen molar-refractivity contribution >= 4 is 12.0 Å². The van der Waals surface area contributed by atoms with Crippen molar-refractivity contribution in [3.05, 3.63) is 47.5 Å². The number of phenols is 1. The molecule has 2 aromatic carbocycles. The highest BCUT2D eigenvalue weighted by Gasteiger charge is 2.26. The number of carbonyl (C=O) groups is 1. The molecule has 4 N–H and O–H groups in total. The monoisotopic (exact) mass is 420 g/mol. The molecule has 9 heteroatoms. The van der Waals surface area contributed by atoms with Gasteiger partial charge in [0.05, 0.1) is 27.9 Å². The van der Waals surface area contributed by atoms with Crippen molar-refractivity contribution in [3.8, 4) is 28.7 Å².